The molecule has 10 atom stereocenters. The van der Waals surface area contributed by atoms with Crippen molar-refractivity contribution in [2.24, 2.45) is 23.7 Å². The molecule has 16 nitrogen and oxygen atoms in total. The van der Waals surface area contributed by atoms with E-state index in [-0.39, 0.29) is 60.1 Å². The summed E-state index contributed by atoms with van der Waals surface area (Å²) in [6, 6.07) is 19.7. The summed E-state index contributed by atoms with van der Waals surface area (Å²) >= 11 is -3.79. The fourth-order valence-electron chi connectivity index (χ4n) is 17.2. The molecule has 17 heteroatoms. The normalized spacial score (nSPS) is 30.0. The molecule has 8 aliphatic rings. The molecule has 0 radical (unpaired) electrons. The Labute approximate surface area is 481 Å². The van der Waals surface area contributed by atoms with Gasteiger partial charge in [0.1, 0.15) is 5.69 Å². The molecule has 6 unspecified atom stereocenters. The van der Waals surface area contributed by atoms with Crippen molar-refractivity contribution >= 4 is 39.8 Å². The number of benzene rings is 2. The van der Waals surface area contributed by atoms with Gasteiger partial charge in [-0.3, -0.25) is 33.8 Å². The van der Waals surface area contributed by atoms with Crippen LogP contribution in [0.5, 0.6) is 0 Å². The van der Waals surface area contributed by atoms with Crippen molar-refractivity contribution < 1.29 is 49.2 Å². The summed E-state index contributed by atoms with van der Waals surface area (Å²) in [7, 11) is 0. The Morgan fingerprint density at radius 3 is 1.33 bits per heavy atom. The van der Waals surface area contributed by atoms with Gasteiger partial charge in [0.2, 0.25) is 0 Å². The predicted molar refractivity (Wildman–Crippen MR) is 303 cm³/mol. The number of para-hydroxylation sites is 4. The summed E-state index contributed by atoms with van der Waals surface area (Å²) in [5, 5.41) is 0. The summed E-state index contributed by atoms with van der Waals surface area (Å²) in [4.78, 5) is 79.9. The second-order valence-electron chi connectivity index (χ2n) is 25.3. The Hall–Kier alpha value is -4.82. The van der Waals surface area contributed by atoms with Crippen molar-refractivity contribution in [3.8, 4) is 0 Å². The third-order valence-electron chi connectivity index (χ3n) is 20.2. The van der Waals surface area contributed by atoms with E-state index in [1.54, 1.807) is 6.92 Å². The fraction of sp³-hybridized carbons (Fsp3) is 0.703. The summed E-state index contributed by atoms with van der Waals surface area (Å²) in [5.41, 5.74) is 3.63. The van der Waals surface area contributed by atoms with Gasteiger partial charge in [0, 0.05) is 61.2 Å². The number of hydrogen-bond donors (Lipinski definition) is 0. The molecular weight excluding hydrogens is 1060 g/mol. The molecule has 0 spiro atoms. The van der Waals surface area contributed by atoms with E-state index < -0.39 is 19.9 Å². The van der Waals surface area contributed by atoms with Crippen molar-refractivity contribution in [1.82, 2.24) is 28.9 Å². The third kappa shape index (κ3) is 14.2. The van der Waals surface area contributed by atoms with Gasteiger partial charge in [-0.05, 0) is 165 Å². The first-order chi connectivity index (χ1) is 39.3. The number of aryl methyl sites for hydroxylation is 1. The van der Waals surface area contributed by atoms with Crippen molar-refractivity contribution in [3.63, 3.8) is 0 Å². The topological polar surface area (TPSA) is 197 Å². The van der Waals surface area contributed by atoms with Crippen LogP contribution in [0.2, 0.25) is 0 Å². The zero-order valence-electron chi connectivity index (χ0n) is 48.1. The van der Waals surface area contributed by atoms with Gasteiger partial charge in [-0.25, -0.2) is 9.97 Å². The van der Waals surface area contributed by atoms with Crippen molar-refractivity contribution in [2.75, 3.05) is 13.2 Å². The maximum absolute atomic E-state index is 13.9. The molecule has 4 saturated heterocycles. The number of ether oxygens (including phenoxy) is 2. The van der Waals surface area contributed by atoms with Crippen molar-refractivity contribution in [2.45, 2.75) is 248 Å². The Morgan fingerprint density at radius 1 is 0.481 bits per heavy atom. The summed E-state index contributed by atoms with van der Waals surface area (Å²) in [6.45, 7) is 4.23. The van der Waals surface area contributed by atoms with E-state index in [2.05, 4.69) is 25.4 Å². The predicted octanol–water partition coefficient (Wildman–Crippen LogP) is 11.7. The van der Waals surface area contributed by atoms with Gasteiger partial charge in [0.05, 0.1) is 41.7 Å². The molecule has 4 saturated carbocycles. The monoisotopic (exact) mass is 1150 g/mol. The van der Waals surface area contributed by atoms with Crippen molar-refractivity contribution in [3.05, 3.63) is 80.6 Å². The minimum atomic E-state index is -3.79. The van der Waals surface area contributed by atoms with E-state index in [1.165, 1.54) is 128 Å². The second-order valence-corrected chi connectivity index (χ2v) is 26.0. The van der Waals surface area contributed by atoms with E-state index in [0.29, 0.717) is 67.3 Å². The molecule has 4 aliphatic carbocycles. The maximum atomic E-state index is 13.9. The number of carbonyl (C=O) groups excluding carboxylic acids is 3. The van der Waals surface area contributed by atoms with Crippen LogP contribution in [0.15, 0.2) is 58.1 Å². The zero-order valence-corrected chi connectivity index (χ0v) is 49.4. The SMILES string of the molecule is CCOC(=O)CCC(=O)c1nc2ccccc2n(C2C[C@H]3CCC[C@@H](C2)N3C2CC3CCCCC(C3)C2)c1=O.CCOC(=O)CCCc1nc2ccccc2n(C2C[C@H]3CCC[C@@H](C2)N3C2CC3CCCCC(C3)C2)c1=O.[O]=[Cr](=[O])=[O]. The van der Waals surface area contributed by atoms with Gasteiger partial charge in [-0.15, -0.1) is 0 Å². The number of nitrogens with zero attached hydrogens (tertiary/aromatic N) is 6. The quantitative estimate of drug-likeness (QED) is 0.0853. The molecule has 12 rings (SSSR count). The molecule has 8 bridgehead atoms. The minimum absolute atomic E-state index is 0.0352. The van der Waals surface area contributed by atoms with Gasteiger partial charge in [-0.2, -0.15) is 0 Å². The molecule has 0 amide bonds. The molecule has 4 aliphatic heterocycles. The van der Waals surface area contributed by atoms with Crippen LogP contribution in [-0.4, -0.2) is 96.1 Å². The van der Waals surface area contributed by atoms with Crippen molar-refractivity contribution in [1.29, 1.82) is 0 Å². The number of hydrogen-bond acceptors (Lipinski definition) is 14. The number of fused-ring (bicyclic) bond motifs is 10. The van der Waals surface area contributed by atoms with Crippen LogP contribution in [0, 0.1) is 23.7 Å². The molecule has 2 aromatic carbocycles. The number of rotatable bonds is 14. The number of ketones is 1. The molecule has 6 heterocycles. The van der Waals surface area contributed by atoms with Gasteiger partial charge in [0.25, 0.3) is 11.1 Å². The number of Topliss-reactive ketones (excluding diaryl/α,β-unsaturated/α-hetero) is 1. The number of aromatic nitrogens is 4. The van der Waals surface area contributed by atoms with Crippen LogP contribution in [-0.2, 0) is 50.8 Å². The van der Waals surface area contributed by atoms with Gasteiger partial charge >= 0.3 is 37.3 Å². The third-order valence-corrected chi connectivity index (χ3v) is 20.2. The van der Waals surface area contributed by atoms with Crippen LogP contribution in [0.1, 0.15) is 222 Å². The summed E-state index contributed by atoms with van der Waals surface area (Å²) in [5.74, 6) is 2.66. The standard InChI is InChI=1S/C32H43N3O4.C32H45N3O3.Cr.3O/c1-2-39-30(37)15-14-29(36)31-32(38)35(28-13-6-5-12-27(28)33-31)26-19-23-10-7-11-24(20-26)34(23)25-17-21-8-3-4-9-22(16-21)18-25;1-2-38-31(36)16-8-14-29-32(37)35(30-15-6-5-13-28(30)33-29)27-20-24-11-7-12-25(21-27)34(24)26-18-22-9-3-4-10-23(17-22)19-26;;;;/h5-6,12-13,21-26H,2-4,7-11,14-20H2,1H3;5-6,13,15,22-27H,2-4,7-12,14,16-21H2,1H3;;;;/t21?,22?,23-,24+,25?,26?;22?,23?,24-,25+,26?,27?;;;;. The fourth-order valence-corrected chi connectivity index (χ4v) is 17.2. The molecule has 81 heavy (non-hydrogen) atoms. The first-order valence-electron chi connectivity index (χ1n) is 31.5. The number of piperidine rings is 4. The number of carbonyl (C=O) groups is 3. The van der Waals surface area contributed by atoms with Crippen LogP contribution in [0.3, 0.4) is 0 Å². The van der Waals surface area contributed by atoms with Crippen LogP contribution >= 0.6 is 0 Å². The Balaban J connectivity index is 0.000000171. The molecule has 8 fully saturated rings. The van der Waals surface area contributed by atoms with E-state index in [4.69, 9.17) is 25.9 Å². The van der Waals surface area contributed by atoms with Crippen LogP contribution in [0.4, 0.5) is 0 Å². The zero-order chi connectivity index (χ0) is 56.6. The number of esters is 2. The van der Waals surface area contributed by atoms with E-state index in [0.717, 1.165) is 71.9 Å². The molecule has 4 aromatic rings. The van der Waals surface area contributed by atoms with Crippen LogP contribution in [0.25, 0.3) is 22.1 Å². The van der Waals surface area contributed by atoms with E-state index in [1.807, 2.05) is 54.0 Å². The Morgan fingerprint density at radius 2 is 0.889 bits per heavy atom. The molecule has 0 N–H and O–H groups in total. The Kier molecular flexibility index (Phi) is 20.3. The first kappa shape index (κ1) is 59.3. The molecule has 440 valence electrons. The molecular formula is C64H88CrN6O10. The van der Waals surface area contributed by atoms with Gasteiger partial charge < -0.3 is 18.6 Å². The summed E-state index contributed by atoms with van der Waals surface area (Å²) < 4.78 is 39.7. The Bertz CT molecular complexity index is 3030. The second kappa shape index (κ2) is 27.7. The molecule has 2 aromatic heterocycles. The average Bonchev–Trinajstić information content (AvgIpc) is 3.73. The van der Waals surface area contributed by atoms with E-state index in [9.17, 15) is 24.0 Å². The van der Waals surface area contributed by atoms with Gasteiger partial charge in [-0.1, -0.05) is 88.5 Å². The summed E-state index contributed by atoms with van der Waals surface area (Å²) in [6.07, 6.45) is 32.7. The van der Waals surface area contributed by atoms with Crippen LogP contribution < -0.4 is 11.1 Å². The first-order valence-corrected chi connectivity index (χ1v) is 33.1. The average molecular weight is 1150 g/mol. The van der Waals surface area contributed by atoms with Gasteiger partial charge in [0.15, 0.2) is 11.5 Å². The van der Waals surface area contributed by atoms with E-state index >= 15 is 0 Å².